The first-order valence-electron chi connectivity index (χ1n) is 4.75. The summed E-state index contributed by atoms with van der Waals surface area (Å²) in [6, 6.07) is 6.48. The van der Waals surface area contributed by atoms with Crippen LogP contribution in [0.1, 0.15) is 5.56 Å². The van der Waals surface area contributed by atoms with Crippen LogP contribution in [-0.4, -0.2) is 28.4 Å². The summed E-state index contributed by atoms with van der Waals surface area (Å²) in [6.45, 7) is 0. The van der Waals surface area contributed by atoms with Crippen LogP contribution in [0.25, 0.3) is 0 Å². The van der Waals surface area contributed by atoms with E-state index in [-0.39, 0.29) is 23.1 Å². The SMILES string of the molecule is O=C1N=C(c2ccccc2O)N=C2N=NN=C12. The van der Waals surface area contributed by atoms with Gasteiger partial charge in [0.2, 0.25) is 11.5 Å². The number of benzene rings is 1. The Bertz CT molecular complexity index is 642. The number of amidine groups is 2. The zero-order valence-electron chi connectivity index (χ0n) is 8.40. The van der Waals surface area contributed by atoms with E-state index in [0.717, 1.165) is 0 Å². The maximum Gasteiger partial charge on any atom is 0.303 e. The van der Waals surface area contributed by atoms with Crippen molar-refractivity contribution in [2.75, 3.05) is 0 Å². The van der Waals surface area contributed by atoms with E-state index in [0.29, 0.717) is 5.56 Å². The number of hydrogen-bond acceptors (Lipinski definition) is 6. The van der Waals surface area contributed by atoms with E-state index < -0.39 is 5.91 Å². The van der Waals surface area contributed by atoms with Crippen LogP contribution in [0.4, 0.5) is 0 Å². The Hall–Kier alpha value is -2.70. The van der Waals surface area contributed by atoms with Crippen molar-refractivity contribution in [3.8, 4) is 5.75 Å². The molecule has 1 amide bonds. The molecule has 0 atom stereocenters. The van der Waals surface area contributed by atoms with Crippen LogP contribution >= 0.6 is 0 Å². The summed E-state index contributed by atoms with van der Waals surface area (Å²) < 4.78 is 0. The fourth-order valence-electron chi connectivity index (χ4n) is 1.47. The van der Waals surface area contributed by atoms with Crippen LogP contribution in [0.5, 0.6) is 5.75 Å². The van der Waals surface area contributed by atoms with E-state index in [9.17, 15) is 9.90 Å². The molecule has 2 aliphatic rings. The zero-order valence-corrected chi connectivity index (χ0v) is 8.40. The number of amides is 1. The number of phenolic OH excluding ortho intramolecular Hbond substituents is 1. The first kappa shape index (κ1) is 9.52. The van der Waals surface area contributed by atoms with E-state index in [4.69, 9.17) is 0 Å². The average Bonchev–Trinajstić information content (AvgIpc) is 2.78. The molecule has 17 heavy (non-hydrogen) atoms. The molecule has 0 saturated heterocycles. The van der Waals surface area contributed by atoms with Crippen molar-refractivity contribution in [1.82, 2.24) is 0 Å². The largest absolute Gasteiger partial charge is 0.507 e. The van der Waals surface area contributed by atoms with E-state index in [1.807, 2.05) is 0 Å². The molecule has 0 saturated carbocycles. The van der Waals surface area contributed by atoms with Gasteiger partial charge < -0.3 is 5.11 Å². The monoisotopic (exact) mass is 227 g/mol. The standard InChI is InChI=1S/C10H5N5O2/c16-6-4-2-1-3-5(6)8-11-9-7(10(17)12-8)13-15-14-9/h1-4,16H. The number of carbonyl (C=O) groups excluding carboxylic acids is 1. The Kier molecular flexibility index (Phi) is 1.91. The van der Waals surface area contributed by atoms with E-state index >= 15 is 0 Å². The summed E-state index contributed by atoms with van der Waals surface area (Å²) in [5, 5.41) is 20.1. The fourth-order valence-corrected chi connectivity index (χ4v) is 1.47. The van der Waals surface area contributed by atoms with Gasteiger partial charge in [0, 0.05) is 0 Å². The van der Waals surface area contributed by atoms with Crippen molar-refractivity contribution < 1.29 is 9.90 Å². The number of hydrogen-bond donors (Lipinski definition) is 1. The molecule has 7 heteroatoms. The molecule has 0 aromatic heterocycles. The molecule has 0 aliphatic carbocycles. The van der Waals surface area contributed by atoms with E-state index in [1.54, 1.807) is 18.2 Å². The molecule has 7 nitrogen and oxygen atoms in total. The lowest BCUT2D eigenvalue weighted by Gasteiger charge is -2.07. The van der Waals surface area contributed by atoms with Crippen LogP contribution in [-0.2, 0) is 4.79 Å². The molecule has 2 aliphatic heterocycles. The number of aliphatic imine (C=N–C) groups is 2. The molecule has 1 aromatic rings. The first-order chi connectivity index (χ1) is 8.25. The van der Waals surface area contributed by atoms with Crippen molar-refractivity contribution in [2.24, 2.45) is 25.4 Å². The normalized spacial score (nSPS) is 17.4. The maximum absolute atomic E-state index is 11.6. The van der Waals surface area contributed by atoms with Gasteiger partial charge in [-0.2, -0.15) is 4.99 Å². The summed E-state index contributed by atoms with van der Waals surface area (Å²) in [4.78, 5) is 19.3. The highest BCUT2D eigenvalue weighted by atomic mass is 16.3. The first-order valence-corrected chi connectivity index (χ1v) is 4.75. The predicted octanol–water partition coefficient (Wildman–Crippen LogP) is 0.899. The third kappa shape index (κ3) is 1.44. The molecule has 2 heterocycles. The molecular weight excluding hydrogens is 222 g/mol. The van der Waals surface area contributed by atoms with E-state index in [2.05, 4.69) is 25.4 Å². The minimum absolute atomic E-state index is 0.00118. The van der Waals surface area contributed by atoms with Crippen LogP contribution < -0.4 is 0 Å². The Morgan fingerprint density at radius 1 is 1.06 bits per heavy atom. The summed E-state index contributed by atoms with van der Waals surface area (Å²) >= 11 is 0. The highest BCUT2D eigenvalue weighted by molar-refractivity contribution is 6.69. The van der Waals surface area contributed by atoms with Gasteiger partial charge in [-0.05, 0) is 17.4 Å². The van der Waals surface area contributed by atoms with E-state index in [1.165, 1.54) is 6.07 Å². The molecular formula is C10H5N5O2. The summed E-state index contributed by atoms with van der Waals surface area (Å²) in [5.41, 5.74) is 0.402. The van der Waals surface area contributed by atoms with Gasteiger partial charge in [0.25, 0.3) is 0 Å². The van der Waals surface area contributed by atoms with Gasteiger partial charge in [0.15, 0.2) is 5.84 Å². The fraction of sp³-hybridized carbons (Fsp3) is 0. The van der Waals surface area contributed by atoms with Gasteiger partial charge >= 0.3 is 5.91 Å². The predicted molar refractivity (Wildman–Crippen MR) is 59.4 cm³/mol. The minimum atomic E-state index is -0.557. The second-order valence-electron chi connectivity index (χ2n) is 3.33. The molecule has 0 bridgehead atoms. The van der Waals surface area contributed by atoms with Crippen molar-refractivity contribution in [2.45, 2.75) is 0 Å². The number of carbonyl (C=O) groups is 1. The summed E-state index contributed by atoms with van der Waals surface area (Å²) in [5.74, 6) is -0.317. The quantitative estimate of drug-likeness (QED) is 0.770. The zero-order chi connectivity index (χ0) is 11.8. The lowest BCUT2D eigenvalue weighted by atomic mass is 10.1. The lowest BCUT2D eigenvalue weighted by Crippen LogP contribution is -2.25. The number of para-hydroxylation sites is 1. The van der Waals surface area contributed by atoms with Gasteiger partial charge in [0.05, 0.1) is 5.56 Å². The van der Waals surface area contributed by atoms with Crippen molar-refractivity contribution >= 4 is 23.3 Å². The second kappa shape index (κ2) is 3.41. The maximum atomic E-state index is 11.6. The number of fused-ring (bicyclic) bond motifs is 1. The molecule has 0 spiro atoms. The number of rotatable bonds is 1. The molecule has 0 fully saturated rings. The number of nitrogens with zero attached hydrogens (tertiary/aromatic N) is 5. The van der Waals surface area contributed by atoms with Crippen molar-refractivity contribution in [1.29, 1.82) is 0 Å². The topological polar surface area (TPSA) is 99.1 Å². The van der Waals surface area contributed by atoms with Crippen LogP contribution in [0, 0.1) is 0 Å². The van der Waals surface area contributed by atoms with Gasteiger partial charge in [0.1, 0.15) is 5.75 Å². The Labute approximate surface area is 94.9 Å². The Balaban J connectivity index is 2.12. The third-order valence-electron chi connectivity index (χ3n) is 2.26. The molecule has 1 N–H and O–H groups in total. The number of aromatic hydroxyl groups is 1. The second-order valence-corrected chi connectivity index (χ2v) is 3.33. The Morgan fingerprint density at radius 3 is 2.71 bits per heavy atom. The molecule has 82 valence electrons. The van der Waals surface area contributed by atoms with Crippen molar-refractivity contribution in [3.63, 3.8) is 0 Å². The number of phenols is 1. The van der Waals surface area contributed by atoms with Gasteiger partial charge in [-0.3, -0.25) is 4.79 Å². The van der Waals surface area contributed by atoms with Crippen LogP contribution in [0.2, 0.25) is 0 Å². The van der Waals surface area contributed by atoms with Crippen molar-refractivity contribution in [3.05, 3.63) is 29.8 Å². The lowest BCUT2D eigenvalue weighted by molar-refractivity contribution is -0.111. The highest BCUT2D eigenvalue weighted by Gasteiger charge is 2.28. The highest BCUT2D eigenvalue weighted by Crippen LogP contribution is 2.20. The molecule has 3 rings (SSSR count). The molecule has 0 radical (unpaired) electrons. The summed E-state index contributed by atoms with van der Waals surface area (Å²) in [7, 11) is 0. The van der Waals surface area contributed by atoms with Gasteiger partial charge in [-0.15, -0.1) is 10.2 Å². The van der Waals surface area contributed by atoms with Crippen LogP contribution in [0.15, 0.2) is 49.7 Å². The van der Waals surface area contributed by atoms with Gasteiger partial charge in [-0.1, -0.05) is 12.1 Å². The van der Waals surface area contributed by atoms with Gasteiger partial charge in [-0.25, -0.2) is 4.99 Å². The molecule has 0 unspecified atom stereocenters. The average molecular weight is 227 g/mol. The summed E-state index contributed by atoms with van der Waals surface area (Å²) in [6.07, 6.45) is 0. The van der Waals surface area contributed by atoms with Crippen LogP contribution in [0.3, 0.4) is 0 Å². The minimum Gasteiger partial charge on any atom is -0.507 e. The molecule has 1 aromatic carbocycles. The third-order valence-corrected chi connectivity index (χ3v) is 2.26. The Morgan fingerprint density at radius 2 is 1.88 bits per heavy atom. The smallest absolute Gasteiger partial charge is 0.303 e.